The van der Waals surface area contributed by atoms with E-state index in [2.05, 4.69) is 25.2 Å². The van der Waals surface area contributed by atoms with Crippen molar-refractivity contribution in [2.24, 2.45) is 0 Å². The fourth-order valence-corrected chi connectivity index (χ4v) is 1.05. The Morgan fingerprint density at radius 1 is 1.22 bits per heavy atom. The monoisotopic (exact) mass is 122 g/mol. The van der Waals surface area contributed by atoms with Crippen LogP contribution in [0.4, 0.5) is 0 Å². The van der Waals surface area contributed by atoms with Crippen molar-refractivity contribution in [3.8, 4) is 0 Å². The molecule has 9 heavy (non-hydrogen) atoms. The van der Waals surface area contributed by atoms with Gasteiger partial charge in [0.2, 0.25) is 0 Å². The Labute approximate surface area is 57.3 Å². The SMILES string of the molecule is C/C1=C/CCC/C=C\C1. The van der Waals surface area contributed by atoms with Crippen molar-refractivity contribution in [1.29, 1.82) is 0 Å². The zero-order valence-corrected chi connectivity index (χ0v) is 6.06. The first-order valence-corrected chi connectivity index (χ1v) is 3.70. The molecule has 1 aliphatic carbocycles. The summed E-state index contributed by atoms with van der Waals surface area (Å²) in [7, 11) is 0. The molecule has 0 aromatic carbocycles. The zero-order chi connectivity index (χ0) is 6.53. The third kappa shape index (κ3) is 2.50. The third-order valence-corrected chi connectivity index (χ3v) is 1.67. The first-order chi connectivity index (χ1) is 4.39. The summed E-state index contributed by atoms with van der Waals surface area (Å²) < 4.78 is 0. The van der Waals surface area contributed by atoms with Crippen LogP contribution in [-0.4, -0.2) is 0 Å². The Morgan fingerprint density at radius 2 is 2.11 bits per heavy atom. The number of hydrogen-bond acceptors (Lipinski definition) is 0. The van der Waals surface area contributed by atoms with Crippen molar-refractivity contribution in [2.75, 3.05) is 0 Å². The van der Waals surface area contributed by atoms with E-state index in [1.807, 2.05) is 0 Å². The highest BCUT2D eigenvalue weighted by molar-refractivity contribution is 5.06. The van der Waals surface area contributed by atoms with Crippen LogP contribution in [0.15, 0.2) is 23.8 Å². The van der Waals surface area contributed by atoms with Gasteiger partial charge in [-0.15, -0.1) is 0 Å². The van der Waals surface area contributed by atoms with Gasteiger partial charge in [-0.1, -0.05) is 23.8 Å². The molecule has 0 spiro atoms. The quantitative estimate of drug-likeness (QED) is 0.433. The number of allylic oxidation sites excluding steroid dienone is 4. The molecule has 0 amide bonds. The molecule has 50 valence electrons. The molecule has 0 heterocycles. The first-order valence-electron chi connectivity index (χ1n) is 3.70. The maximum absolute atomic E-state index is 2.35. The molecule has 0 unspecified atom stereocenters. The topological polar surface area (TPSA) is 0 Å². The first kappa shape index (κ1) is 6.60. The van der Waals surface area contributed by atoms with Crippen LogP contribution in [0.25, 0.3) is 0 Å². The predicted octanol–water partition coefficient (Wildman–Crippen LogP) is 3.06. The molecule has 0 atom stereocenters. The predicted molar refractivity (Wildman–Crippen MR) is 41.4 cm³/mol. The van der Waals surface area contributed by atoms with Gasteiger partial charge in [0.25, 0.3) is 0 Å². The van der Waals surface area contributed by atoms with Crippen molar-refractivity contribution in [2.45, 2.75) is 32.6 Å². The van der Waals surface area contributed by atoms with E-state index in [9.17, 15) is 0 Å². The highest BCUT2D eigenvalue weighted by atomic mass is 14.0. The van der Waals surface area contributed by atoms with Gasteiger partial charge in [-0.3, -0.25) is 0 Å². The lowest BCUT2D eigenvalue weighted by molar-refractivity contribution is 0.846. The normalized spacial score (nSPS) is 29.7. The molecule has 1 aliphatic rings. The Kier molecular flexibility index (Phi) is 2.56. The molecule has 0 bridgehead atoms. The average Bonchev–Trinajstić information content (AvgIpc) is 1.79. The van der Waals surface area contributed by atoms with Crippen LogP contribution < -0.4 is 0 Å². The highest BCUT2D eigenvalue weighted by Gasteiger charge is 1.89. The van der Waals surface area contributed by atoms with Gasteiger partial charge in [-0.2, -0.15) is 0 Å². The molecule has 0 nitrogen and oxygen atoms in total. The van der Waals surface area contributed by atoms with E-state index in [1.54, 1.807) is 0 Å². The van der Waals surface area contributed by atoms with Crippen LogP contribution in [0, 0.1) is 0 Å². The van der Waals surface area contributed by atoms with Crippen molar-refractivity contribution in [1.82, 2.24) is 0 Å². The summed E-state index contributed by atoms with van der Waals surface area (Å²) in [4.78, 5) is 0. The summed E-state index contributed by atoms with van der Waals surface area (Å²) >= 11 is 0. The molecular formula is C9H14. The van der Waals surface area contributed by atoms with Crippen molar-refractivity contribution in [3.05, 3.63) is 23.8 Å². The van der Waals surface area contributed by atoms with Gasteiger partial charge in [-0.05, 0) is 32.6 Å². The van der Waals surface area contributed by atoms with E-state index in [0.29, 0.717) is 0 Å². The van der Waals surface area contributed by atoms with E-state index in [-0.39, 0.29) is 0 Å². The van der Waals surface area contributed by atoms with Crippen LogP contribution in [-0.2, 0) is 0 Å². The van der Waals surface area contributed by atoms with Gasteiger partial charge in [0.1, 0.15) is 0 Å². The van der Waals surface area contributed by atoms with Gasteiger partial charge in [0.05, 0.1) is 0 Å². The van der Waals surface area contributed by atoms with Crippen LogP contribution in [0.3, 0.4) is 0 Å². The van der Waals surface area contributed by atoms with Gasteiger partial charge in [0.15, 0.2) is 0 Å². The summed E-state index contributed by atoms with van der Waals surface area (Å²) in [5.41, 5.74) is 1.52. The van der Waals surface area contributed by atoms with E-state index >= 15 is 0 Å². The lowest BCUT2D eigenvalue weighted by atomic mass is 10.1. The smallest absolute Gasteiger partial charge is 0.0142 e. The fraction of sp³-hybridized carbons (Fsp3) is 0.556. The summed E-state index contributed by atoms with van der Waals surface area (Å²) in [5.74, 6) is 0. The molecule has 0 saturated heterocycles. The molecule has 1 rings (SSSR count). The van der Waals surface area contributed by atoms with E-state index < -0.39 is 0 Å². The standard InChI is InChI=1S/C9H14/c1-9-7-5-3-2-4-6-8-9/h3,5,8H,2,4,6-7H2,1H3/b5-3-,9-8-. The Balaban J connectivity index is 2.44. The molecular weight excluding hydrogens is 108 g/mol. The minimum absolute atomic E-state index is 1.17. The van der Waals surface area contributed by atoms with Crippen molar-refractivity contribution in [3.63, 3.8) is 0 Å². The lowest BCUT2D eigenvalue weighted by Crippen LogP contribution is -1.79. The van der Waals surface area contributed by atoms with E-state index in [0.717, 1.165) is 0 Å². The third-order valence-electron chi connectivity index (χ3n) is 1.67. The minimum Gasteiger partial charge on any atom is -0.0882 e. The average molecular weight is 122 g/mol. The molecule has 0 aliphatic heterocycles. The number of rotatable bonds is 0. The van der Waals surface area contributed by atoms with Gasteiger partial charge in [0, 0.05) is 0 Å². The second kappa shape index (κ2) is 3.49. The number of hydrogen-bond donors (Lipinski definition) is 0. The van der Waals surface area contributed by atoms with Crippen LogP contribution in [0.1, 0.15) is 32.6 Å². The lowest BCUT2D eigenvalue weighted by Gasteiger charge is -1.99. The van der Waals surface area contributed by atoms with Gasteiger partial charge >= 0.3 is 0 Å². The van der Waals surface area contributed by atoms with Crippen LogP contribution in [0.2, 0.25) is 0 Å². The molecule has 0 aromatic rings. The summed E-state index contributed by atoms with van der Waals surface area (Å²) in [6.07, 6.45) is 11.9. The molecule has 0 heteroatoms. The molecule has 0 fully saturated rings. The van der Waals surface area contributed by atoms with E-state index in [4.69, 9.17) is 0 Å². The summed E-state index contributed by atoms with van der Waals surface area (Å²) in [6.45, 7) is 2.20. The summed E-state index contributed by atoms with van der Waals surface area (Å²) in [6, 6.07) is 0. The second-order valence-corrected chi connectivity index (χ2v) is 2.66. The molecule has 0 aromatic heterocycles. The maximum Gasteiger partial charge on any atom is -0.0142 e. The Bertz CT molecular complexity index is 129. The molecule has 0 N–H and O–H groups in total. The van der Waals surface area contributed by atoms with Gasteiger partial charge in [-0.25, -0.2) is 0 Å². The van der Waals surface area contributed by atoms with Crippen molar-refractivity contribution >= 4 is 0 Å². The molecule has 0 saturated carbocycles. The van der Waals surface area contributed by atoms with E-state index in [1.165, 1.54) is 31.3 Å². The fourth-order valence-electron chi connectivity index (χ4n) is 1.05. The highest BCUT2D eigenvalue weighted by Crippen LogP contribution is 2.09. The zero-order valence-electron chi connectivity index (χ0n) is 6.06. The van der Waals surface area contributed by atoms with Crippen LogP contribution >= 0.6 is 0 Å². The van der Waals surface area contributed by atoms with Crippen molar-refractivity contribution < 1.29 is 0 Å². The second-order valence-electron chi connectivity index (χ2n) is 2.66. The van der Waals surface area contributed by atoms with Gasteiger partial charge < -0.3 is 0 Å². The maximum atomic E-state index is 2.35. The Hall–Kier alpha value is -0.520. The largest absolute Gasteiger partial charge is 0.0882 e. The van der Waals surface area contributed by atoms with Crippen LogP contribution in [0.5, 0.6) is 0 Å². The minimum atomic E-state index is 1.17. The molecule has 0 radical (unpaired) electrons. The summed E-state index contributed by atoms with van der Waals surface area (Å²) in [5, 5.41) is 0. The Morgan fingerprint density at radius 3 is 3.00 bits per heavy atom.